The SMILES string of the molecule is Nc1c(Cl)nc(Br)nc1Cl. The minimum absolute atomic E-state index is 0.159. The average Bonchev–Trinajstić information content (AvgIpc) is 1.82. The van der Waals surface area contributed by atoms with Crippen molar-refractivity contribution < 1.29 is 0 Å². The summed E-state index contributed by atoms with van der Waals surface area (Å²) in [5, 5.41) is 0.318. The summed E-state index contributed by atoms with van der Waals surface area (Å²) in [6.07, 6.45) is 0. The molecule has 0 fully saturated rings. The van der Waals surface area contributed by atoms with Gasteiger partial charge < -0.3 is 5.73 Å². The molecule has 0 unspecified atom stereocenters. The van der Waals surface area contributed by atoms with E-state index in [-0.39, 0.29) is 16.0 Å². The van der Waals surface area contributed by atoms with Crippen LogP contribution in [-0.2, 0) is 0 Å². The van der Waals surface area contributed by atoms with Crippen LogP contribution in [0.5, 0.6) is 0 Å². The molecule has 6 heteroatoms. The van der Waals surface area contributed by atoms with Gasteiger partial charge in [0.25, 0.3) is 0 Å². The van der Waals surface area contributed by atoms with Gasteiger partial charge in [0.2, 0.25) is 0 Å². The zero-order chi connectivity index (χ0) is 7.72. The lowest BCUT2D eigenvalue weighted by atomic mass is 10.6. The van der Waals surface area contributed by atoms with Gasteiger partial charge in [0.05, 0.1) is 0 Å². The standard InChI is InChI=1S/C4H2BrCl2N3/c5-4-9-2(6)1(8)3(7)10-4/h8H2. The molecule has 0 spiro atoms. The molecule has 0 saturated heterocycles. The summed E-state index contributed by atoms with van der Waals surface area (Å²) in [5.74, 6) is 0. The Kier molecular flexibility index (Phi) is 2.33. The molecule has 1 rings (SSSR count). The van der Waals surface area contributed by atoms with Crippen molar-refractivity contribution in [2.75, 3.05) is 5.73 Å². The van der Waals surface area contributed by atoms with Gasteiger partial charge in [-0.25, -0.2) is 9.97 Å². The first-order valence-electron chi connectivity index (χ1n) is 2.25. The summed E-state index contributed by atoms with van der Waals surface area (Å²) in [6, 6.07) is 0. The van der Waals surface area contributed by atoms with E-state index in [1.54, 1.807) is 0 Å². The van der Waals surface area contributed by atoms with Crippen LogP contribution < -0.4 is 5.73 Å². The highest BCUT2D eigenvalue weighted by Crippen LogP contribution is 2.24. The molecule has 0 saturated carbocycles. The number of halogens is 3. The Labute approximate surface area is 75.7 Å². The van der Waals surface area contributed by atoms with E-state index >= 15 is 0 Å². The molecule has 1 aromatic rings. The van der Waals surface area contributed by atoms with E-state index in [1.165, 1.54) is 0 Å². The summed E-state index contributed by atoms with van der Waals surface area (Å²) < 4.78 is 0.330. The molecule has 0 aliphatic heterocycles. The highest BCUT2D eigenvalue weighted by molar-refractivity contribution is 9.10. The lowest BCUT2D eigenvalue weighted by Crippen LogP contribution is -1.94. The van der Waals surface area contributed by atoms with Crippen LogP contribution in [0.3, 0.4) is 0 Å². The quantitative estimate of drug-likeness (QED) is 0.560. The zero-order valence-corrected chi connectivity index (χ0v) is 7.70. The number of hydrogen-bond acceptors (Lipinski definition) is 3. The maximum Gasteiger partial charge on any atom is 0.199 e. The Hall–Kier alpha value is -0.0600. The second-order valence-corrected chi connectivity index (χ2v) is 2.91. The number of hydrogen-bond donors (Lipinski definition) is 1. The van der Waals surface area contributed by atoms with Crippen molar-refractivity contribution in [3.8, 4) is 0 Å². The lowest BCUT2D eigenvalue weighted by Gasteiger charge is -1.97. The maximum absolute atomic E-state index is 5.53. The number of nitrogen functional groups attached to an aromatic ring is 1. The summed E-state index contributed by atoms with van der Waals surface area (Å²) in [7, 11) is 0. The Morgan fingerprint density at radius 1 is 1.20 bits per heavy atom. The fourth-order valence-corrected chi connectivity index (χ4v) is 1.34. The lowest BCUT2D eigenvalue weighted by molar-refractivity contribution is 1.12. The van der Waals surface area contributed by atoms with Gasteiger partial charge in [-0.3, -0.25) is 0 Å². The number of anilines is 1. The molecule has 54 valence electrons. The van der Waals surface area contributed by atoms with Gasteiger partial charge in [-0.2, -0.15) is 0 Å². The van der Waals surface area contributed by atoms with Gasteiger partial charge in [-0.15, -0.1) is 0 Å². The van der Waals surface area contributed by atoms with Gasteiger partial charge >= 0.3 is 0 Å². The van der Waals surface area contributed by atoms with Crippen LogP contribution in [0.25, 0.3) is 0 Å². The third kappa shape index (κ3) is 1.51. The van der Waals surface area contributed by atoms with E-state index in [9.17, 15) is 0 Å². The molecule has 0 radical (unpaired) electrons. The van der Waals surface area contributed by atoms with Crippen LogP contribution in [0, 0.1) is 0 Å². The van der Waals surface area contributed by atoms with Crippen molar-refractivity contribution in [2.45, 2.75) is 0 Å². The molecule has 1 aromatic heterocycles. The Morgan fingerprint density at radius 3 is 2.00 bits per heavy atom. The van der Waals surface area contributed by atoms with E-state index in [1.807, 2.05) is 0 Å². The first-order chi connectivity index (χ1) is 4.61. The smallest absolute Gasteiger partial charge is 0.199 e. The molecular weight excluding hydrogens is 241 g/mol. The van der Waals surface area contributed by atoms with Crippen LogP contribution in [-0.4, -0.2) is 9.97 Å². The van der Waals surface area contributed by atoms with E-state index in [0.717, 1.165) is 0 Å². The summed E-state index contributed by atoms with van der Waals surface area (Å²) in [6.45, 7) is 0. The fourth-order valence-electron chi connectivity index (χ4n) is 0.393. The highest BCUT2D eigenvalue weighted by atomic mass is 79.9. The number of nitrogens with zero attached hydrogens (tertiary/aromatic N) is 2. The van der Waals surface area contributed by atoms with Crippen molar-refractivity contribution >= 4 is 44.8 Å². The van der Waals surface area contributed by atoms with Crippen LogP contribution in [0.4, 0.5) is 5.69 Å². The Balaban J connectivity index is 3.31. The second kappa shape index (κ2) is 2.90. The molecule has 1 heterocycles. The minimum Gasteiger partial charge on any atom is -0.394 e. The van der Waals surface area contributed by atoms with Gasteiger partial charge in [0, 0.05) is 0 Å². The predicted molar refractivity (Wildman–Crippen MR) is 44.2 cm³/mol. The molecule has 0 aliphatic carbocycles. The molecule has 3 nitrogen and oxygen atoms in total. The van der Waals surface area contributed by atoms with Crippen LogP contribution in [0.15, 0.2) is 4.73 Å². The first kappa shape index (κ1) is 8.04. The molecule has 2 N–H and O–H groups in total. The van der Waals surface area contributed by atoms with Gasteiger partial charge in [-0.1, -0.05) is 23.2 Å². The second-order valence-electron chi connectivity index (χ2n) is 1.49. The highest BCUT2D eigenvalue weighted by Gasteiger charge is 2.05. The number of rotatable bonds is 0. The molecule has 10 heavy (non-hydrogen) atoms. The van der Waals surface area contributed by atoms with E-state index < -0.39 is 0 Å². The van der Waals surface area contributed by atoms with Crippen LogP contribution in [0.2, 0.25) is 10.3 Å². The van der Waals surface area contributed by atoms with E-state index in [2.05, 4.69) is 25.9 Å². The third-order valence-corrected chi connectivity index (χ3v) is 1.76. The van der Waals surface area contributed by atoms with Crippen molar-refractivity contribution in [1.29, 1.82) is 0 Å². The van der Waals surface area contributed by atoms with Gasteiger partial charge in [-0.05, 0) is 15.9 Å². The Bertz CT molecular complexity index is 242. The third-order valence-electron chi connectivity index (χ3n) is 0.825. The largest absolute Gasteiger partial charge is 0.394 e. The number of nitrogens with two attached hydrogens (primary N) is 1. The Morgan fingerprint density at radius 2 is 1.60 bits per heavy atom. The molecule has 0 aromatic carbocycles. The van der Waals surface area contributed by atoms with Crippen molar-refractivity contribution in [1.82, 2.24) is 9.97 Å². The summed E-state index contributed by atoms with van der Waals surface area (Å²) in [4.78, 5) is 7.39. The van der Waals surface area contributed by atoms with Crippen LogP contribution in [0.1, 0.15) is 0 Å². The monoisotopic (exact) mass is 241 g/mol. The van der Waals surface area contributed by atoms with Crippen molar-refractivity contribution in [2.24, 2.45) is 0 Å². The van der Waals surface area contributed by atoms with E-state index in [4.69, 9.17) is 28.9 Å². The van der Waals surface area contributed by atoms with E-state index in [0.29, 0.717) is 4.73 Å². The van der Waals surface area contributed by atoms with Crippen LogP contribution >= 0.6 is 39.1 Å². The van der Waals surface area contributed by atoms with Crippen molar-refractivity contribution in [3.05, 3.63) is 15.0 Å². The van der Waals surface area contributed by atoms with Gasteiger partial charge in [0.1, 0.15) is 5.69 Å². The topological polar surface area (TPSA) is 51.8 Å². The molecule has 0 amide bonds. The zero-order valence-electron chi connectivity index (χ0n) is 4.61. The van der Waals surface area contributed by atoms with Crippen molar-refractivity contribution in [3.63, 3.8) is 0 Å². The molecule has 0 bridgehead atoms. The minimum atomic E-state index is 0.159. The predicted octanol–water partition coefficient (Wildman–Crippen LogP) is 2.13. The summed E-state index contributed by atoms with van der Waals surface area (Å²) >= 11 is 14.1. The molecule has 0 atom stereocenters. The molecular formula is C4H2BrCl2N3. The summed E-state index contributed by atoms with van der Waals surface area (Å²) in [5.41, 5.74) is 5.54. The normalized spacial score (nSPS) is 9.90. The fraction of sp³-hybridized carbons (Fsp3) is 0. The number of aromatic nitrogens is 2. The maximum atomic E-state index is 5.53. The first-order valence-corrected chi connectivity index (χ1v) is 3.80. The average molecular weight is 243 g/mol. The van der Waals surface area contributed by atoms with Gasteiger partial charge in [0.15, 0.2) is 15.0 Å². The molecule has 0 aliphatic rings.